The molecule has 1 heterocycles. The fourth-order valence-corrected chi connectivity index (χ4v) is 2.00. The zero-order valence-corrected chi connectivity index (χ0v) is 10.7. The van der Waals surface area contributed by atoms with Crippen molar-refractivity contribution in [2.75, 3.05) is 26.3 Å². The Morgan fingerprint density at radius 1 is 1.29 bits per heavy atom. The first-order valence-electron chi connectivity index (χ1n) is 6.03. The number of hydrogen-bond acceptors (Lipinski definition) is 4. The van der Waals surface area contributed by atoms with Gasteiger partial charge in [0.2, 0.25) is 0 Å². The Hall–Kier alpha value is -2.16. The third-order valence-corrected chi connectivity index (χ3v) is 3.04. The molecule has 0 aromatic heterocycles. The van der Waals surface area contributed by atoms with E-state index in [4.69, 9.17) is 4.74 Å². The molecule has 9 heteroatoms. The molecule has 0 bridgehead atoms. The van der Waals surface area contributed by atoms with Crippen LogP contribution in [-0.4, -0.2) is 42.0 Å². The monoisotopic (exact) mass is 304 g/mol. The maximum absolute atomic E-state index is 12.8. The van der Waals surface area contributed by atoms with Crippen LogP contribution in [0.1, 0.15) is 15.9 Å². The van der Waals surface area contributed by atoms with Crippen LogP contribution in [0.25, 0.3) is 0 Å². The summed E-state index contributed by atoms with van der Waals surface area (Å²) >= 11 is 0. The highest BCUT2D eigenvalue weighted by atomic mass is 19.4. The van der Waals surface area contributed by atoms with E-state index in [1.54, 1.807) is 0 Å². The Balaban J connectivity index is 2.37. The lowest BCUT2D eigenvalue weighted by Crippen LogP contribution is -2.40. The standard InChI is InChI=1S/C12H11F3N2O4/c13-12(14,15)9-7-8(1-2-10(9)17(19)20)11(18)16-3-5-21-6-4-16/h1-2,7H,3-6H2. The summed E-state index contributed by atoms with van der Waals surface area (Å²) in [5.41, 5.74) is -2.72. The number of nitro benzene ring substituents is 1. The number of ether oxygens (including phenoxy) is 1. The highest BCUT2D eigenvalue weighted by Gasteiger charge is 2.39. The van der Waals surface area contributed by atoms with Gasteiger partial charge in [-0.2, -0.15) is 13.2 Å². The number of morpholine rings is 1. The lowest BCUT2D eigenvalue weighted by molar-refractivity contribution is -0.388. The number of amides is 1. The Labute approximate surface area is 117 Å². The minimum Gasteiger partial charge on any atom is -0.378 e. The molecule has 0 spiro atoms. The molecule has 6 nitrogen and oxygen atoms in total. The summed E-state index contributed by atoms with van der Waals surface area (Å²) in [5, 5.41) is 10.6. The lowest BCUT2D eigenvalue weighted by atomic mass is 10.1. The third kappa shape index (κ3) is 3.30. The van der Waals surface area contributed by atoms with Crippen LogP contribution in [-0.2, 0) is 10.9 Å². The van der Waals surface area contributed by atoms with E-state index in [1.807, 2.05) is 0 Å². The van der Waals surface area contributed by atoms with Crippen LogP contribution < -0.4 is 0 Å². The molecule has 0 saturated carbocycles. The van der Waals surface area contributed by atoms with Crippen LogP contribution in [0, 0.1) is 10.1 Å². The number of carbonyl (C=O) groups excluding carboxylic acids is 1. The Morgan fingerprint density at radius 2 is 1.90 bits per heavy atom. The van der Waals surface area contributed by atoms with Crippen molar-refractivity contribution in [3.05, 3.63) is 39.4 Å². The quantitative estimate of drug-likeness (QED) is 0.619. The Morgan fingerprint density at radius 3 is 2.43 bits per heavy atom. The number of nitro groups is 1. The summed E-state index contributed by atoms with van der Waals surface area (Å²) in [4.78, 5) is 23.0. The molecule has 1 aliphatic rings. The van der Waals surface area contributed by atoms with Gasteiger partial charge < -0.3 is 9.64 Å². The van der Waals surface area contributed by atoms with Crippen molar-refractivity contribution < 1.29 is 27.6 Å². The van der Waals surface area contributed by atoms with Crippen LogP contribution in [0.4, 0.5) is 18.9 Å². The average Bonchev–Trinajstić information content (AvgIpc) is 2.45. The number of carbonyl (C=O) groups is 1. The summed E-state index contributed by atoms with van der Waals surface area (Å²) in [6.07, 6.45) is -4.90. The van der Waals surface area contributed by atoms with Gasteiger partial charge >= 0.3 is 6.18 Å². The van der Waals surface area contributed by atoms with Gasteiger partial charge in [-0.25, -0.2) is 0 Å². The predicted octanol–water partition coefficient (Wildman–Crippen LogP) is 2.09. The summed E-state index contributed by atoms with van der Waals surface area (Å²) < 4.78 is 43.6. The van der Waals surface area contributed by atoms with E-state index in [-0.39, 0.29) is 18.7 Å². The van der Waals surface area contributed by atoms with Gasteiger partial charge in [0.25, 0.3) is 11.6 Å². The van der Waals surface area contributed by atoms with Crippen LogP contribution in [0.2, 0.25) is 0 Å². The van der Waals surface area contributed by atoms with Crippen LogP contribution in [0.5, 0.6) is 0 Å². The first-order valence-corrected chi connectivity index (χ1v) is 6.03. The summed E-state index contributed by atoms with van der Waals surface area (Å²) in [5.74, 6) is -0.598. The summed E-state index contributed by atoms with van der Waals surface area (Å²) in [7, 11) is 0. The minimum absolute atomic E-state index is 0.227. The van der Waals surface area contributed by atoms with Gasteiger partial charge in [-0.15, -0.1) is 0 Å². The first kappa shape index (κ1) is 15.2. The van der Waals surface area contributed by atoms with E-state index in [2.05, 4.69) is 0 Å². The Bertz CT molecular complexity index is 568. The number of nitrogens with zero attached hydrogens (tertiary/aromatic N) is 2. The molecule has 1 aromatic carbocycles. The fourth-order valence-electron chi connectivity index (χ4n) is 2.00. The van der Waals surface area contributed by atoms with Gasteiger partial charge in [0.15, 0.2) is 0 Å². The molecule has 1 amide bonds. The molecule has 0 unspecified atom stereocenters. The number of halogens is 3. The highest BCUT2D eigenvalue weighted by molar-refractivity contribution is 5.94. The number of hydrogen-bond donors (Lipinski definition) is 0. The molecule has 0 aliphatic carbocycles. The van der Waals surface area contributed by atoms with E-state index in [9.17, 15) is 28.1 Å². The summed E-state index contributed by atoms with van der Waals surface area (Å²) in [6.45, 7) is 1.17. The van der Waals surface area contributed by atoms with Gasteiger partial charge in [-0.3, -0.25) is 14.9 Å². The Kier molecular flexibility index (Phi) is 4.12. The molecule has 0 atom stereocenters. The van der Waals surface area contributed by atoms with Crippen molar-refractivity contribution in [1.29, 1.82) is 0 Å². The van der Waals surface area contributed by atoms with E-state index >= 15 is 0 Å². The molecule has 1 saturated heterocycles. The predicted molar refractivity (Wildman–Crippen MR) is 64.8 cm³/mol. The number of benzene rings is 1. The molecular formula is C12H11F3N2O4. The molecule has 1 fully saturated rings. The van der Waals surface area contributed by atoms with E-state index in [1.165, 1.54) is 4.90 Å². The van der Waals surface area contributed by atoms with E-state index in [0.29, 0.717) is 25.3 Å². The second-order valence-corrected chi connectivity index (χ2v) is 4.39. The zero-order chi connectivity index (χ0) is 15.6. The van der Waals surface area contributed by atoms with Crippen molar-refractivity contribution in [2.24, 2.45) is 0 Å². The van der Waals surface area contributed by atoms with E-state index < -0.39 is 28.3 Å². The van der Waals surface area contributed by atoms with Gasteiger partial charge in [0.05, 0.1) is 18.1 Å². The van der Waals surface area contributed by atoms with Crippen molar-refractivity contribution in [3.8, 4) is 0 Å². The van der Waals surface area contributed by atoms with Crippen LogP contribution >= 0.6 is 0 Å². The second-order valence-electron chi connectivity index (χ2n) is 4.39. The van der Waals surface area contributed by atoms with Crippen LogP contribution in [0.3, 0.4) is 0 Å². The average molecular weight is 304 g/mol. The first-order chi connectivity index (χ1) is 9.80. The van der Waals surface area contributed by atoms with Crippen molar-refractivity contribution in [1.82, 2.24) is 4.90 Å². The molecular weight excluding hydrogens is 293 g/mol. The maximum atomic E-state index is 12.8. The van der Waals surface area contributed by atoms with Crippen molar-refractivity contribution in [3.63, 3.8) is 0 Å². The van der Waals surface area contributed by atoms with Gasteiger partial charge in [-0.05, 0) is 12.1 Å². The van der Waals surface area contributed by atoms with Gasteiger partial charge in [0.1, 0.15) is 5.56 Å². The summed E-state index contributed by atoms with van der Waals surface area (Å²) in [6, 6.07) is 2.26. The SMILES string of the molecule is O=C(c1ccc([N+](=O)[O-])c(C(F)(F)F)c1)N1CCOCC1. The number of alkyl halides is 3. The normalized spacial score (nSPS) is 15.9. The smallest absolute Gasteiger partial charge is 0.378 e. The van der Waals surface area contributed by atoms with Crippen molar-refractivity contribution in [2.45, 2.75) is 6.18 Å². The van der Waals surface area contributed by atoms with Crippen molar-refractivity contribution >= 4 is 11.6 Å². The largest absolute Gasteiger partial charge is 0.423 e. The third-order valence-electron chi connectivity index (χ3n) is 3.04. The van der Waals surface area contributed by atoms with Gasteiger partial charge in [0, 0.05) is 24.7 Å². The molecule has 21 heavy (non-hydrogen) atoms. The topological polar surface area (TPSA) is 72.7 Å². The molecule has 1 aliphatic heterocycles. The number of rotatable bonds is 2. The molecule has 1 aromatic rings. The van der Waals surface area contributed by atoms with Crippen LogP contribution in [0.15, 0.2) is 18.2 Å². The minimum atomic E-state index is -4.90. The molecule has 114 valence electrons. The molecule has 2 rings (SSSR count). The lowest BCUT2D eigenvalue weighted by Gasteiger charge is -2.27. The molecule has 0 N–H and O–H groups in total. The van der Waals surface area contributed by atoms with E-state index in [0.717, 1.165) is 6.07 Å². The zero-order valence-electron chi connectivity index (χ0n) is 10.7. The maximum Gasteiger partial charge on any atom is 0.423 e. The second kappa shape index (κ2) is 5.68. The fraction of sp³-hybridized carbons (Fsp3) is 0.417. The molecule has 0 radical (unpaired) electrons. The van der Waals surface area contributed by atoms with Gasteiger partial charge in [-0.1, -0.05) is 0 Å². The highest BCUT2D eigenvalue weighted by Crippen LogP contribution is 2.36.